The Bertz CT molecular complexity index is 84.6. The van der Waals surface area contributed by atoms with Crippen molar-refractivity contribution in [1.82, 2.24) is 0 Å². The van der Waals surface area contributed by atoms with Crippen molar-refractivity contribution in [2.75, 3.05) is 10.7 Å². The zero-order valence-corrected chi connectivity index (χ0v) is 11.5. The first-order valence-electron chi connectivity index (χ1n) is 2.18. The number of hydrogen-bond donors (Lipinski definition) is 0. The van der Waals surface area contributed by atoms with Crippen LogP contribution in [0.4, 0.5) is 0 Å². The Labute approximate surface area is 93.6 Å². The van der Waals surface area contributed by atoms with Crippen LogP contribution in [0.2, 0.25) is 0 Å². The summed E-state index contributed by atoms with van der Waals surface area (Å²) in [6, 6.07) is 0. The van der Waals surface area contributed by atoms with E-state index in [1.807, 2.05) is 0 Å². The molecule has 0 aliphatic rings. The molecule has 0 saturated carbocycles. The normalized spacial score (nSPS) is 21.0. The average Bonchev–Trinajstić information content (AvgIpc) is 1.86. The monoisotopic (exact) mass is 404 g/mol. The van der Waals surface area contributed by atoms with Gasteiger partial charge in [0, 0.05) is 10.7 Å². The van der Waals surface area contributed by atoms with E-state index in [0.717, 1.165) is 5.33 Å². The van der Waals surface area contributed by atoms with E-state index >= 15 is 0 Å². The molecule has 56 valence electrons. The quantitative estimate of drug-likeness (QED) is 0.623. The lowest BCUT2D eigenvalue weighted by Crippen LogP contribution is -2.28. The van der Waals surface area contributed by atoms with E-state index in [0.29, 0.717) is 5.33 Å². The second kappa shape index (κ2) is 4.96. The smallest absolute Gasteiger partial charge is 0.105 e. The van der Waals surface area contributed by atoms with E-state index in [9.17, 15) is 0 Å². The fourth-order valence-electron chi connectivity index (χ4n) is 0.197. The minimum atomic E-state index is -0.378. The van der Waals surface area contributed by atoms with E-state index in [2.05, 4.69) is 63.7 Å². The maximum absolute atomic E-state index is 5.96. The molecule has 0 heterocycles. The summed E-state index contributed by atoms with van der Waals surface area (Å²) in [5.74, 6) is 0. The summed E-state index contributed by atoms with van der Waals surface area (Å²) in [5, 5.41) is 1.54. The summed E-state index contributed by atoms with van der Waals surface area (Å²) in [7, 11) is 0. The van der Waals surface area contributed by atoms with Crippen LogP contribution in [0.1, 0.15) is 0 Å². The Morgan fingerprint density at radius 3 is 2.00 bits per heavy atom. The Morgan fingerprint density at radius 2 is 1.89 bits per heavy atom. The average molecular weight is 408 g/mol. The van der Waals surface area contributed by atoms with Gasteiger partial charge in [-0.3, -0.25) is 0 Å². The van der Waals surface area contributed by atoms with Gasteiger partial charge in [0.15, 0.2) is 0 Å². The van der Waals surface area contributed by atoms with Crippen molar-refractivity contribution in [2.45, 2.75) is 8.61 Å². The molecule has 0 aromatic carbocycles. The van der Waals surface area contributed by atoms with Crippen LogP contribution in [0.5, 0.6) is 0 Å². The van der Waals surface area contributed by atoms with Gasteiger partial charge in [-0.15, -0.1) is 11.6 Å². The van der Waals surface area contributed by atoms with Gasteiger partial charge in [0.2, 0.25) is 0 Å². The second-order valence-corrected chi connectivity index (χ2v) is 6.38. The van der Waals surface area contributed by atoms with Crippen molar-refractivity contribution in [2.24, 2.45) is 0 Å². The van der Waals surface area contributed by atoms with E-state index in [1.165, 1.54) is 0 Å². The van der Waals surface area contributed by atoms with Gasteiger partial charge >= 0.3 is 0 Å². The first-order valence-corrected chi connectivity index (χ1v) is 6.51. The largest absolute Gasteiger partial charge is 0.122 e. The highest BCUT2D eigenvalue weighted by Gasteiger charge is 2.30. The molecule has 0 aliphatic heterocycles. The Kier molecular flexibility index (Phi) is 6.18. The van der Waals surface area contributed by atoms with Gasteiger partial charge in [-0.2, -0.15) is 0 Å². The van der Waals surface area contributed by atoms with Crippen LogP contribution in [0.3, 0.4) is 0 Å². The Hall–Kier alpha value is 2.21. The van der Waals surface area contributed by atoms with Crippen molar-refractivity contribution in [3.63, 3.8) is 0 Å². The predicted molar refractivity (Wildman–Crippen MR) is 57.8 cm³/mol. The van der Waals surface area contributed by atoms with Crippen LogP contribution in [0.25, 0.3) is 0 Å². The standard InChI is InChI=1S/C4H5Br4Cl/c5-1-3(7)4(8,9)2-6/h3H,1-2H2. The minimum Gasteiger partial charge on any atom is -0.105 e. The Balaban J connectivity index is 3.80. The topological polar surface area (TPSA) is 0 Å². The second-order valence-electron chi connectivity index (χ2n) is 1.52. The van der Waals surface area contributed by atoms with E-state index in [-0.39, 0.29) is 8.61 Å². The number of alkyl halides is 5. The van der Waals surface area contributed by atoms with E-state index in [4.69, 9.17) is 11.6 Å². The molecule has 0 aromatic rings. The third kappa shape index (κ3) is 3.94. The molecule has 0 amide bonds. The lowest BCUT2D eigenvalue weighted by Gasteiger charge is -2.21. The first kappa shape index (κ1) is 11.2. The molecule has 2 atom stereocenters. The van der Waals surface area contributed by atoms with Crippen molar-refractivity contribution in [3.05, 3.63) is 0 Å². The molecule has 0 nitrogen and oxygen atoms in total. The van der Waals surface area contributed by atoms with Crippen molar-refractivity contribution in [3.8, 4) is 0 Å². The highest BCUT2D eigenvalue weighted by molar-refractivity contribution is 9.15. The molecule has 0 radical (unpaired) electrons. The zero-order valence-electron chi connectivity index (χ0n) is 4.38. The minimum absolute atomic E-state index is 0.228. The third-order valence-corrected chi connectivity index (χ3v) is 7.46. The number of hydrogen-bond acceptors (Lipinski definition) is 0. The van der Waals surface area contributed by atoms with Gasteiger partial charge in [-0.25, -0.2) is 0 Å². The van der Waals surface area contributed by atoms with Gasteiger partial charge in [0.25, 0.3) is 0 Å². The van der Waals surface area contributed by atoms with Crippen LogP contribution in [0.15, 0.2) is 0 Å². The predicted octanol–water partition coefficient (Wildman–Crippen LogP) is 3.87. The molecule has 2 unspecified atom stereocenters. The molecule has 0 spiro atoms. The molecular formula is C4H5Br4Cl. The van der Waals surface area contributed by atoms with Gasteiger partial charge in [-0.1, -0.05) is 63.7 Å². The van der Waals surface area contributed by atoms with Crippen molar-refractivity contribution < 1.29 is 0 Å². The van der Waals surface area contributed by atoms with Crippen LogP contribution in [-0.4, -0.2) is 19.3 Å². The molecule has 0 bridgehead atoms. The number of halogens is 5. The molecule has 0 rings (SSSR count). The highest BCUT2D eigenvalue weighted by Crippen LogP contribution is 2.35. The fraction of sp³-hybridized carbons (Fsp3) is 1.00. The van der Waals surface area contributed by atoms with Crippen molar-refractivity contribution in [1.29, 1.82) is 0 Å². The lowest BCUT2D eigenvalue weighted by molar-refractivity contribution is 0.917. The fourth-order valence-corrected chi connectivity index (χ4v) is 2.60. The van der Waals surface area contributed by atoms with Crippen LogP contribution >= 0.6 is 75.3 Å². The van der Waals surface area contributed by atoms with Gasteiger partial charge in [-0.05, 0) is 0 Å². The summed E-state index contributed by atoms with van der Waals surface area (Å²) < 4.78 is -0.378. The maximum atomic E-state index is 5.96. The van der Waals surface area contributed by atoms with Gasteiger partial charge < -0.3 is 0 Å². The molecule has 5 heteroatoms. The van der Waals surface area contributed by atoms with E-state index < -0.39 is 0 Å². The van der Waals surface area contributed by atoms with Crippen molar-refractivity contribution >= 4 is 75.3 Å². The highest BCUT2D eigenvalue weighted by atomic mass is 79.9. The van der Waals surface area contributed by atoms with Crippen LogP contribution in [-0.2, 0) is 0 Å². The SMILES string of the molecule is ClC(Br)(CBr)C(Br)CBr. The summed E-state index contributed by atoms with van der Waals surface area (Å²) in [6.45, 7) is 0. The van der Waals surface area contributed by atoms with Crippen LogP contribution in [0, 0.1) is 0 Å². The summed E-state index contributed by atoms with van der Waals surface area (Å²) in [5.41, 5.74) is 0. The maximum Gasteiger partial charge on any atom is 0.122 e. The van der Waals surface area contributed by atoms with Crippen LogP contribution < -0.4 is 0 Å². The summed E-state index contributed by atoms with van der Waals surface area (Å²) >= 11 is 19.3. The molecule has 0 aliphatic carbocycles. The van der Waals surface area contributed by atoms with Gasteiger partial charge in [0.05, 0.1) is 4.83 Å². The molecule has 0 fully saturated rings. The van der Waals surface area contributed by atoms with Gasteiger partial charge in [0.1, 0.15) is 3.78 Å². The molecule has 0 N–H and O–H groups in total. The summed E-state index contributed by atoms with van der Waals surface area (Å²) in [4.78, 5) is 0.228. The molecular weight excluding hydrogens is 403 g/mol. The third-order valence-electron chi connectivity index (χ3n) is 0.772. The summed E-state index contributed by atoms with van der Waals surface area (Å²) in [6.07, 6.45) is 0. The molecule has 0 saturated heterocycles. The first-order chi connectivity index (χ1) is 4.04. The molecule has 0 aromatic heterocycles. The number of rotatable bonds is 3. The molecule has 9 heavy (non-hydrogen) atoms. The zero-order chi connectivity index (χ0) is 7.49. The lowest BCUT2D eigenvalue weighted by atomic mass is 10.4. The van der Waals surface area contributed by atoms with E-state index in [1.54, 1.807) is 0 Å². The Morgan fingerprint density at radius 1 is 1.44 bits per heavy atom.